The number of rotatable bonds is 9. The van der Waals surface area contributed by atoms with Crippen molar-refractivity contribution in [3.8, 4) is 17.2 Å². The van der Waals surface area contributed by atoms with Crippen LogP contribution in [0, 0.1) is 0 Å². The predicted octanol–water partition coefficient (Wildman–Crippen LogP) is 2.92. The summed E-state index contributed by atoms with van der Waals surface area (Å²) in [6, 6.07) is 14.6. The first-order valence-electron chi connectivity index (χ1n) is 10.3. The number of hydrogen-bond acceptors (Lipinski definition) is 7. The van der Waals surface area contributed by atoms with Crippen LogP contribution in [0.4, 0.5) is 0 Å². The van der Waals surface area contributed by atoms with Gasteiger partial charge >= 0.3 is 0 Å². The Morgan fingerprint density at radius 1 is 1.12 bits per heavy atom. The van der Waals surface area contributed by atoms with Crippen molar-refractivity contribution in [2.45, 2.75) is 18.6 Å². The molecule has 0 aliphatic carbocycles. The highest BCUT2D eigenvalue weighted by atomic mass is 32.2. The molecule has 0 unspecified atom stereocenters. The largest absolute Gasteiger partial charge is 0.497 e. The molecule has 4 rings (SSSR count). The Kier molecular flexibility index (Phi) is 6.94. The van der Waals surface area contributed by atoms with Gasteiger partial charge in [0, 0.05) is 6.54 Å². The lowest BCUT2D eigenvalue weighted by atomic mass is 10.2. The van der Waals surface area contributed by atoms with Gasteiger partial charge in [0.25, 0.3) is 5.56 Å². The van der Waals surface area contributed by atoms with Crippen LogP contribution >= 0.6 is 11.8 Å². The third-order valence-corrected chi connectivity index (χ3v) is 5.78. The van der Waals surface area contributed by atoms with Crippen molar-refractivity contribution in [3.05, 3.63) is 70.6 Å². The van der Waals surface area contributed by atoms with E-state index in [1.165, 1.54) is 22.5 Å². The maximum absolute atomic E-state index is 13.1. The second-order valence-electron chi connectivity index (χ2n) is 7.01. The third-order valence-electron chi connectivity index (χ3n) is 4.84. The van der Waals surface area contributed by atoms with Crippen molar-refractivity contribution in [2.24, 2.45) is 0 Å². The van der Waals surface area contributed by atoms with Crippen molar-refractivity contribution in [2.75, 3.05) is 19.5 Å². The van der Waals surface area contributed by atoms with Crippen LogP contribution in [-0.4, -0.2) is 45.1 Å². The van der Waals surface area contributed by atoms with E-state index in [1.54, 1.807) is 31.4 Å². The number of aromatic nitrogens is 4. The summed E-state index contributed by atoms with van der Waals surface area (Å²) in [5.74, 6) is 1.39. The molecule has 0 aliphatic rings. The number of carbonyl (C=O) groups is 1. The number of hydrogen-bond donors (Lipinski definition) is 2. The van der Waals surface area contributed by atoms with Gasteiger partial charge in [0.2, 0.25) is 5.91 Å². The lowest BCUT2D eigenvalue weighted by Gasteiger charge is -2.13. The van der Waals surface area contributed by atoms with E-state index >= 15 is 0 Å². The van der Waals surface area contributed by atoms with Crippen LogP contribution in [0.25, 0.3) is 16.7 Å². The smallest absolute Gasteiger partial charge is 0.269 e. The van der Waals surface area contributed by atoms with E-state index in [0.29, 0.717) is 40.8 Å². The van der Waals surface area contributed by atoms with Crippen LogP contribution in [0.1, 0.15) is 12.5 Å². The lowest BCUT2D eigenvalue weighted by Crippen LogP contribution is -2.26. The molecule has 0 spiro atoms. The molecule has 0 atom stereocenters. The maximum Gasteiger partial charge on any atom is 0.269 e. The molecule has 2 heterocycles. The molecular weight excluding hydrogens is 442 g/mol. The lowest BCUT2D eigenvalue weighted by molar-refractivity contribution is -0.118. The van der Waals surface area contributed by atoms with Crippen molar-refractivity contribution < 1.29 is 14.3 Å². The summed E-state index contributed by atoms with van der Waals surface area (Å²) in [5, 5.41) is 10.3. The number of ether oxygens (including phenoxy) is 2. The van der Waals surface area contributed by atoms with Crippen molar-refractivity contribution >= 4 is 28.7 Å². The van der Waals surface area contributed by atoms with E-state index < -0.39 is 0 Å². The summed E-state index contributed by atoms with van der Waals surface area (Å²) < 4.78 is 12.1. The molecule has 2 aromatic carbocycles. The molecule has 10 heteroatoms. The van der Waals surface area contributed by atoms with E-state index in [4.69, 9.17) is 9.47 Å². The molecule has 0 fully saturated rings. The predicted molar refractivity (Wildman–Crippen MR) is 126 cm³/mol. The van der Waals surface area contributed by atoms with Gasteiger partial charge in [0.05, 0.1) is 31.4 Å². The molecule has 9 nitrogen and oxygen atoms in total. The van der Waals surface area contributed by atoms with Crippen molar-refractivity contribution in [1.29, 1.82) is 0 Å². The molecule has 2 aromatic heterocycles. The van der Waals surface area contributed by atoms with Gasteiger partial charge in [-0.2, -0.15) is 5.10 Å². The zero-order chi connectivity index (χ0) is 23.2. The molecule has 4 aromatic rings. The Hall–Kier alpha value is -3.79. The molecule has 170 valence electrons. The van der Waals surface area contributed by atoms with Gasteiger partial charge in [-0.05, 0) is 48.9 Å². The summed E-state index contributed by atoms with van der Waals surface area (Å²) in [7, 11) is 1.61. The highest BCUT2D eigenvalue weighted by molar-refractivity contribution is 7.99. The molecule has 33 heavy (non-hydrogen) atoms. The summed E-state index contributed by atoms with van der Waals surface area (Å²) >= 11 is 1.18. The summed E-state index contributed by atoms with van der Waals surface area (Å²) in [5.41, 5.74) is 1.69. The normalized spacial score (nSPS) is 10.8. The van der Waals surface area contributed by atoms with Crippen LogP contribution in [0.5, 0.6) is 11.5 Å². The van der Waals surface area contributed by atoms with Crippen LogP contribution in [0.3, 0.4) is 0 Å². The molecule has 2 N–H and O–H groups in total. The van der Waals surface area contributed by atoms with Gasteiger partial charge in [-0.3, -0.25) is 19.3 Å². The fourth-order valence-electron chi connectivity index (χ4n) is 3.18. The summed E-state index contributed by atoms with van der Waals surface area (Å²) in [6.07, 6.45) is 1.45. The van der Waals surface area contributed by atoms with Gasteiger partial charge in [0.1, 0.15) is 16.9 Å². The Morgan fingerprint density at radius 2 is 1.85 bits per heavy atom. The molecule has 0 saturated heterocycles. The van der Waals surface area contributed by atoms with Crippen LogP contribution in [-0.2, 0) is 11.3 Å². The fraction of sp³-hybridized carbons (Fsp3) is 0.217. The van der Waals surface area contributed by atoms with Gasteiger partial charge < -0.3 is 14.8 Å². The highest BCUT2D eigenvalue weighted by Gasteiger charge is 2.16. The third kappa shape index (κ3) is 5.17. The maximum atomic E-state index is 13.1. The first-order valence-corrected chi connectivity index (χ1v) is 11.3. The van der Waals surface area contributed by atoms with Crippen LogP contribution in [0.2, 0.25) is 0 Å². The summed E-state index contributed by atoms with van der Waals surface area (Å²) in [6.45, 7) is 2.85. The van der Waals surface area contributed by atoms with E-state index in [-0.39, 0.29) is 17.2 Å². The topological polar surface area (TPSA) is 111 Å². The second kappa shape index (κ2) is 10.2. The Bertz CT molecular complexity index is 1300. The average Bonchev–Trinajstić information content (AvgIpc) is 3.32. The zero-order valence-electron chi connectivity index (χ0n) is 18.2. The number of carbonyl (C=O) groups excluding carboxylic acids is 1. The van der Waals surface area contributed by atoms with Crippen molar-refractivity contribution in [1.82, 2.24) is 25.1 Å². The zero-order valence-corrected chi connectivity index (χ0v) is 19.0. The van der Waals surface area contributed by atoms with E-state index in [2.05, 4.69) is 20.5 Å². The second-order valence-corrected chi connectivity index (χ2v) is 7.95. The molecule has 0 saturated carbocycles. The number of nitrogens with one attached hydrogen (secondary N) is 2. The van der Waals surface area contributed by atoms with Gasteiger partial charge in [-0.25, -0.2) is 4.98 Å². The fourth-order valence-corrected chi connectivity index (χ4v) is 4.02. The molecule has 1 amide bonds. The number of benzene rings is 2. The number of H-pyrrole nitrogens is 1. The Morgan fingerprint density at radius 3 is 2.55 bits per heavy atom. The first kappa shape index (κ1) is 22.4. The van der Waals surface area contributed by atoms with E-state index in [9.17, 15) is 9.59 Å². The van der Waals surface area contributed by atoms with Gasteiger partial charge in [-0.1, -0.05) is 23.9 Å². The number of amides is 1. The minimum atomic E-state index is -0.265. The van der Waals surface area contributed by atoms with Crippen molar-refractivity contribution in [3.63, 3.8) is 0 Å². The van der Waals surface area contributed by atoms with Crippen LogP contribution < -0.4 is 20.3 Å². The monoisotopic (exact) mass is 465 g/mol. The standard InChI is InChI=1S/C23H23N5O4S/c1-3-32-18-10-6-16(7-11-18)28-22(30)19-13-25-27-21(19)26-23(28)33-14-20(29)24-12-15-4-8-17(31-2)9-5-15/h4-11,13H,3,12,14H2,1-2H3,(H,24,29)(H,25,27). The molecule has 0 aliphatic heterocycles. The average molecular weight is 466 g/mol. The summed E-state index contributed by atoms with van der Waals surface area (Å²) in [4.78, 5) is 30.1. The molecule has 0 bridgehead atoms. The number of aromatic amines is 1. The number of methoxy groups -OCH3 is 1. The van der Waals surface area contributed by atoms with Gasteiger partial charge in [-0.15, -0.1) is 0 Å². The van der Waals surface area contributed by atoms with Crippen LogP contribution in [0.15, 0.2) is 64.7 Å². The van der Waals surface area contributed by atoms with E-state index in [1.807, 2.05) is 31.2 Å². The minimum Gasteiger partial charge on any atom is -0.497 e. The Labute approximate surface area is 194 Å². The minimum absolute atomic E-state index is 0.0965. The molecular formula is C23H23N5O4S. The SMILES string of the molecule is CCOc1ccc(-n2c(SCC(=O)NCc3ccc(OC)cc3)nc3[nH]ncc3c2=O)cc1. The number of thioether (sulfide) groups is 1. The Balaban J connectivity index is 1.52. The van der Waals surface area contributed by atoms with E-state index in [0.717, 1.165) is 11.3 Å². The number of nitrogens with zero attached hydrogens (tertiary/aromatic N) is 3. The van der Waals surface area contributed by atoms with Gasteiger partial charge in [0.15, 0.2) is 10.8 Å². The number of fused-ring (bicyclic) bond motifs is 1. The highest BCUT2D eigenvalue weighted by Crippen LogP contribution is 2.22. The molecule has 0 radical (unpaired) electrons. The quantitative estimate of drug-likeness (QED) is 0.289. The first-order chi connectivity index (χ1) is 16.1.